The van der Waals surface area contributed by atoms with Crippen LogP contribution in [0, 0.1) is 0 Å². The van der Waals surface area contributed by atoms with Crippen LogP contribution in [0.5, 0.6) is 0 Å². The monoisotopic (exact) mass is 181 g/mol. The quantitative estimate of drug-likeness (QED) is 0.656. The van der Waals surface area contributed by atoms with E-state index >= 15 is 0 Å². The van der Waals surface area contributed by atoms with Gasteiger partial charge in [0.1, 0.15) is 0 Å². The van der Waals surface area contributed by atoms with E-state index in [4.69, 9.17) is 5.73 Å². The highest BCUT2D eigenvalue weighted by atomic mass is 14.6. The van der Waals surface area contributed by atoms with Crippen LogP contribution in [-0.4, -0.2) is 0 Å². The van der Waals surface area contributed by atoms with Gasteiger partial charge in [-0.2, -0.15) is 0 Å². The first kappa shape index (κ1) is 14.5. The van der Waals surface area contributed by atoms with Crippen LogP contribution < -0.4 is 5.73 Å². The molecule has 0 bridgehead atoms. The third-order valence-corrected chi connectivity index (χ3v) is 1.50. The van der Waals surface area contributed by atoms with Crippen molar-refractivity contribution in [3.8, 4) is 0 Å². The van der Waals surface area contributed by atoms with Gasteiger partial charge in [0, 0.05) is 5.70 Å². The number of rotatable bonds is 4. The van der Waals surface area contributed by atoms with Crippen LogP contribution in [0.25, 0.3) is 0 Å². The lowest BCUT2D eigenvalue weighted by atomic mass is 10.1. The van der Waals surface area contributed by atoms with Gasteiger partial charge in [0.25, 0.3) is 0 Å². The Hall–Kier alpha value is -0.980. The Morgan fingerprint density at radius 1 is 1.38 bits per heavy atom. The molecule has 0 fully saturated rings. The Bertz CT molecular complexity index is 176. The van der Waals surface area contributed by atoms with Crippen molar-refractivity contribution >= 4 is 0 Å². The van der Waals surface area contributed by atoms with Gasteiger partial charge in [-0.3, -0.25) is 0 Å². The molecular weight excluding hydrogens is 158 g/mol. The second-order valence-corrected chi connectivity index (χ2v) is 2.59. The predicted octanol–water partition coefficient (Wildman–Crippen LogP) is 3.79. The molecule has 2 N–H and O–H groups in total. The average molecular weight is 181 g/mol. The molecule has 0 amide bonds. The minimum atomic E-state index is 0.932. The molecule has 76 valence electrons. The van der Waals surface area contributed by atoms with Crippen molar-refractivity contribution in [1.29, 1.82) is 0 Å². The number of hydrogen-bond acceptors (Lipinski definition) is 1. The molecule has 0 saturated heterocycles. The molecule has 0 saturated carbocycles. The van der Waals surface area contributed by atoms with Gasteiger partial charge >= 0.3 is 0 Å². The number of allylic oxidation sites excluding steroid dienone is 5. The molecule has 0 atom stereocenters. The summed E-state index contributed by atoms with van der Waals surface area (Å²) >= 11 is 0. The standard InChI is InChI=1S/C10H17N.C2H6/c1-4-6-9(3)7-8-10(11)5-2;1-2/h4,6,8H,1,5,7,11H2,2-3H3;1-2H3/b9-6-,10-8+;. The molecule has 1 nitrogen and oxygen atoms in total. The average Bonchev–Trinajstić information content (AvgIpc) is 2.18. The summed E-state index contributed by atoms with van der Waals surface area (Å²) in [4.78, 5) is 0. The van der Waals surface area contributed by atoms with E-state index in [0.29, 0.717) is 0 Å². The van der Waals surface area contributed by atoms with E-state index < -0.39 is 0 Å². The smallest absolute Gasteiger partial charge is 0.00404 e. The zero-order chi connectivity index (χ0) is 10.7. The van der Waals surface area contributed by atoms with Crippen LogP contribution in [-0.2, 0) is 0 Å². The van der Waals surface area contributed by atoms with Crippen molar-refractivity contribution in [2.75, 3.05) is 0 Å². The van der Waals surface area contributed by atoms with Crippen LogP contribution in [0.2, 0.25) is 0 Å². The molecule has 0 aliphatic rings. The lowest BCUT2D eigenvalue weighted by molar-refractivity contribution is 1.04. The summed E-state index contributed by atoms with van der Waals surface area (Å²) in [6.07, 6.45) is 7.72. The molecule has 0 radical (unpaired) electrons. The van der Waals surface area contributed by atoms with Gasteiger partial charge in [-0.25, -0.2) is 0 Å². The lowest BCUT2D eigenvalue weighted by Crippen LogP contribution is -1.94. The molecule has 0 spiro atoms. The second-order valence-electron chi connectivity index (χ2n) is 2.59. The van der Waals surface area contributed by atoms with Gasteiger partial charge in [0.05, 0.1) is 0 Å². The maximum absolute atomic E-state index is 5.63. The zero-order valence-electron chi connectivity index (χ0n) is 9.43. The highest BCUT2D eigenvalue weighted by Gasteiger charge is 1.86. The molecule has 0 aromatic rings. The van der Waals surface area contributed by atoms with E-state index in [2.05, 4.69) is 26.5 Å². The van der Waals surface area contributed by atoms with Crippen LogP contribution in [0.4, 0.5) is 0 Å². The molecular formula is C12H23N. The molecule has 0 rings (SSSR count). The van der Waals surface area contributed by atoms with Crippen LogP contribution in [0.3, 0.4) is 0 Å². The van der Waals surface area contributed by atoms with Gasteiger partial charge in [-0.1, -0.05) is 51.2 Å². The first-order valence-electron chi connectivity index (χ1n) is 4.93. The van der Waals surface area contributed by atoms with Gasteiger partial charge in [-0.05, 0) is 19.8 Å². The van der Waals surface area contributed by atoms with E-state index in [9.17, 15) is 0 Å². The Balaban J connectivity index is 0. The Morgan fingerprint density at radius 2 is 1.92 bits per heavy atom. The predicted molar refractivity (Wildman–Crippen MR) is 62.5 cm³/mol. The van der Waals surface area contributed by atoms with Crippen molar-refractivity contribution in [1.82, 2.24) is 0 Å². The largest absolute Gasteiger partial charge is 0.402 e. The van der Waals surface area contributed by atoms with Crippen molar-refractivity contribution in [2.24, 2.45) is 5.73 Å². The first-order chi connectivity index (χ1) is 6.20. The number of nitrogens with two attached hydrogens (primary N) is 1. The van der Waals surface area contributed by atoms with E-state index in [-0.39, 0.29) is 0 Å². The molecule has 0 aliphatic carbocycles. The molecule has 0 unspecified atom stereocenters. The SMILES string of the molecule is C=C/C=C(/C)C/C=C(/N)CC.CC. The van der Waals surface area contributed by atoms with E-state index in [0.717, 1.165) is 18.5 Å². The summed E-state index contributed by atoms with van der Waals surface area (Å²) in [5, 5.41) is 0. The van der Waals surface area contributed by atoms with E-state index in [1.165, 1.54) is 5.57 Å². The lowest BCUT2D eigenvalue weighted by Gasteiger charge is -1.96. The Morgan fingerprint density at radius 3 is 2.31 bits per heavy atom. The minimum absolute atomic E-state index is 0.932. The van der Waals surface area contributed by atoms with E-state index in [1.54, 1.807) is 6.08 Å². The fourth-order valence-corrected chi connectivity index (χ4v) is 0.706. The molecule has 0 aromatic heterocycles. The zero-order valence-corrected chi connectivity index (χ0v) is 9.43. The topological polar surface area (TPSA) is 26.0 Å². The van der Waals surface area contributed by atoms with Gasteiger partial charge in [0.2, 0.25) is 0 Å². The normalized spacial score (nSPS) is 11.7. The van der Waals surface area contributed by atoms with Crippen molar-refractivity contribution < 1.29 is 0 Å². The Labute approximate surface area is 83.0 Å². The third-order valence-electron chi connectivity index (χ3n) is 1.50. The van der Waals surface area contributed by atoms with Gasteiger partial charge in [-0.15, -0.1) is 0 Å². The fraction of sp³-hybridized carbons (Fsp3) is 0.500. The second kappa shape index (κ2) is 11.0. The van der Waals surface area contributed by atoms with E-state index in [1.807, 2.05) is 19.9 Å². The summed E-state index contributed by atoms with van der Waals surface area (Å²) in [6.45, 7) is 11.7. The Kier molecular flexibility index (Phi) is 12.3. The summed E-state index contributed by atoms with van der Waals surface area (Å²) in [5.41, 5.74) is 7.87. The van der Waals surface area contributed by atoms with Crippen LogP contribution in [0.15, 0.2) is 36.1 Å². The van der Waals surface area contributed by atoms with Gasteiger partial charge in [0.15, 0.2) is 0 Å². The number of hydrogen-bond donors (Lipinski definition) is 1. The maximum atomic E-state index is 5.63. The molecule has 1 heteroatoms. The third kappa shape index (κ3) is 11.0. The van der Waals surface area contributed by atoms with Crippen molar-refractivity contribution in [2.45, 2.75) is 40.5 Å². The molecule has 0 aromatic carbocycles. The highest BCUT2D eigenvalue weighted by molar-refractivity contribution is 5.12. The molecule has 0 heterocycles. The first-order valence-corrected chi connectivity index (χ1v) is 4.93. The molecule has 0 aliphatic heterocycles. The minimum Gasteiger partial charge on any atom is -0.402 e. The summed E-state index contributed by atoms with van der Waals surface area (Å²) in [5.74, 6) is 0. The summed E-state index contributed by atoms with van der Waals surface area (Å²) in [6, 6.07) is 0. The summed E-state index contributed by atoms with van der Waals surface area (Å²) < 4.78 is 0. The van der Waals surface area contributed by atoms with Crippen molar-refractivity contribution in [3.05, 3.63) is 36.1 Å². The van der Waals surface area contributed by atoms with Crippen LogP contribution >= 0.6 is 0 Å². The highest BCUT2D eigenvalue weighted by Crippen LogP contribution is 2.03. The van der Waals surface area contributed by atoms with Crippen LogP contribution in [0.1, 0.15) is 40.5 Å². The maximum Gasteiger partial charge on any atom is 0.00404 e. The molecule has 13 heavy (non-hydrogen) atoms. The van der Waals surface area contributed by atoms with Crippen molar-refractivity contribution in [3.63, 3.8) is 0 Å². The summed E-state index contributed by atoms with van der Waals surface area (Å²) in [7, 11) is 0. The van der Waals surface area contributed by atoms with Gasteiger partial charge < -0.3 is 5.73 Å². The fourth-order valence-electron chi connectivity index (χ4n) is 0.706.